The van der Waals surface area contributed by atoms with Crippen molar-refractivity contribution in [1.29, 1.82) is 0 Å². The van der Waals surface area contributed by atoms with E-state index in [1.807, 2.05) is 6.92 Å². The molecule has 0 atom stereocenters. The third-order valence-corrected chi connectivity index (χ3v) is 4.55. The average Bonchev–Trinajstić information content (AvgIpc) is 2.48. The van der Waals surface area contributed by atoms with Crippen LogP contribution in [0, 0.1) is 6.92 Å². The second kappa shape index (κ2) is 6.80. The van der Waals surface area contributed by atoms with E-state index >= 15 is 0 Å². The summed E-state index contributed by atoms with van der Waals surface area (Å²) in [5.41, 5.74) is 2.08. The molecule has 6 nitrogen and oxygen atoms in total. The average molecular weight is 334 g/mol. The highest BCUT2D eigenvalue weighted by Gasteiger charge is 2.16. The zero-order valence-corrected chi connectivity index (χ0v) is 13.6. The van der Waals surface area contributed by atoms with Gasteiger partial charge in [-0.15, -0.1) is 0 Å². The summed E-state index contributed by atoms with van der Waals surface area (Å²) in [7, 11) is -3.75. The van der Waals surface area contributed by atoms with Crippen LogP contribution in [0.5, 0.6) is 0 Å². The van der Waals surface area contributed by atoms with Crippen molar-refractivity contribution in [2.45, 2.75) is 25.3 Å². The standard InChI is InChI=1S/C16H18N2O4S/c1-11-3-6-15(7-4-11)23(21,22)18-16-8-5-14(17-12(2)20)9-13(16)10-19/h3-9,18-19H,10H2,1-2H3,(H,17,20). The zero-order valence-electron chi connectivity index (χ0n) is 12.8. The molecule has 2 aromatic rings. The molecule has 0 unspecified atom stereocenters. The molecule has 0 saturated carbocycles. The van der Waals surface area contributed by atoms with Gasteiger partial charge in [0.05, 0.1) is 17.2 Å². The number of carbonyl (C=O) groups excluding carboxylic acids is 1. The Morgan fingerprint density at radius 2 is 1.78 bits per heavy atom. The van der Waals surface area contributed by atoms with Gasteiger partial charge in [0, 0.05) is 18.2 Å². The van der Waals surface area contributed by atoms with Gasteiger partial charge in [0.1, 0.15) is 0 Å². The number of amides is 1. The first-order chi connectivity index (χ1) is 10.8. The predicted molar refractivity (Wildman–Crippen MR) is 88.7 cm³/mol. The van der Waals surface area contributed by atoms with Crippen LogP contribution in [0.3, 0.4) is 0 Å². The van der Waals surface area contributed by atoms with Crippen LogP contribution < -0.4 is 10.0 Å². The van der Waals surface area contributed by atoms with Crippen LogP contribution in [0.2, 0.25) is 0 Å². The molecule has 1 amide bonds. The summed E-state index contributed by atoms with van der Waals surface area (Å²) in [6.07, 6.45) is 0. The maximum atomic E-state index is 12.4. The van der Waals surface area contributed by atoms with Crippen LogP contribution in [0.25, 0.3) is 0 Å². The van der Waals surface area contributed by atoms with Gasteiger partial charge in [0.25, 0.3) is 10.0 Å². The van der Waals surface area contributed by atoms with E-state index in [2.05, 4.69) is 10.0 Å². The Kier molecular flexibility index (Phi) is 5.02. The van der Waals surface area contributed by atoms with Crippen LogP contribution >= 0.6 is 0 Å². The number of anilines is 2. The lowest BCUT2D eigenvalue weighted by Gasteiger charge is -2.13. The van der Waals surface area contributed by atoms with E-state index in [1.165, 1.54) is 31.2 Å². The van der Waals surface area contributed by atoms with Gasteiger partial charge in [0.2, 0.25) is 5.91 Å². The number of benzene rings is 2. The van der Waals surface area contributed by atoms with Gasteiger partial charge >= 0.3 is 0 Å². The van der Waals surface area contributed by atoms with E-state index in [0.29, 0.717) is 11.3 Å². The third kappa shape index (κ3) is 4.30. The highest BCUT2D eigenvalue weighted by atomic mass is 32.2. The normalized spacial score (nSPS) is 11.1. The topological polar surface area (TPSA) is 95.5 Å². The molecule has 0 heterocycles. The molecule has 0 bridgehead atoms. The van der Waals surface area contributed by atoms with Crippen molar-refractivity contribution >= 4 is 27.3 Å². The van der Waals surface area contributed by atoms with E-state index in [-0.39, 0.29) is 23.1 Å². The lowest BCUT2D eigenvalue weighted by Crippen LogP contribution is -2.15. The number of nitrogens with one attached hydrogen (secondary N) is 2. The fourth-order valence-corrected chi connectivity index (χ4v) is 3.13. The summed E-state index contributed by atoms with van der Waals surface area (Å²) in [5, 5.41) is 12.0. The van der Waals surface area contributed by atoms with Gasteiger partial charge in [-0.05, 0) is 37.3 Å². The van der Waals surface area contributed by atoms with Crippen molar-refractivity contribution in [3.8, 4) is 0 Å². The Morgan fingerprint density at radius 3 is 2.35 bits per heavy atom. The van der Waals surface area contributed by atoms with Crippen molar-refractivity contribution in [3.05, 3.63) is 53.6 Å². The first kappa shape index (κ1) is 17.0. The second-order valence-corrected chi connectivity index (χ2v) is 6.81. The number of sulfonamides is 1. The summed E-state index contributed by atoms with van der Waals surface area (Å²) >= 11 is 0. The summed E-state index contributed by atoms with van der Waals surface area (Å²) in [6, 6.07) is 11.0. The lowest BCUT2D eigenvalue weighted by molar-refractivity contribution is -0.114. The van der Waals surface area contributed by atoms with Crippen LogP contribution in [0.1, 0.15) is 18.1 Å². The largest absolute Gasteiger partial charge is 0.392 e. The van der Waals surface area contributed by atoms with Crippen LogP contribution in [0.15, 0.2) is 47.4 Å². The minimum atomic E-state index is -3.75. The molecule has 3 N–H and O–H groups in total. The van der Waals surface area contributed by atoms with Crippen molar-refractivity contribution in [3.63, 3.8) is 0 Å². The number of carbonyl (C=O) groups is 1. The van der Waals surface area contributed by atoms with E-state index in [4.69, 9.17) is 0 Å². The first-order valence-electron chi connectivity index (χ1n) is 6.92. The maximum Gasteiger partial charge on any atom is 0.261 e. The van der Waals surface area contributed by atoms with E-state index in [9.17, 15) is 18.3 Å². The molecule has 122 valence electrons. The number of aryl methyl sites for hydroxylation is 1. The minimum absolute atomic E-state index is 0.137. The number of rotatable bonds is 5. The molecule has 0 saturated heterocycles. The molecule has 7 heteroatoms. The molecule has 0 radical (unpaired) electrons. The van der Waals surface area contributed by atoms with Crippen molar-refractivity contribution in [2.24, 2.45) is 0 Å². The highest BCUT2D eigenvalue weighted by Crippen LogP contribution is 2.24. The Labute approximate surface area is 135 Å². The molecule has 0 fully saturated rings. The van der Waals surface area contributed by atoms with Crippen LogP contribution in [0.4, 0.5) is 11.4 Å². The molecule has 0 aromatic heterocycles. The number of aliphatic hydroxyl groups excluding tert-OH is 1. The van der Waals surface area contributed by atoms with E-state index in [1.54, 1.807) is 18.2 Å². The summed E-state index contributed by atoms with van der Waals surface area (Å²) in [4.78, 5) is 11.2. The smallest absolute Gasteiger partial charge is 0.261 e. The Balaban J connectivity index is 2.31. The van der Waals surface area contributed by atoms with Gasteiger partial charge in [0.15, 0.2) is 0 Å². The number of hydrogen-bond acceptors (Lipinski definition) is 4. The van der Waals surface area contributed by atoms with Gasteiger partial charge in [-0.3, -0.25) is 9.52 Å². The molecule has 0 spiro atoms. The van der Waals surface area contributed by atoms with Crippen molar-refractivity contribution in [1.82, 2.24) is 0 Å². The molecular formula is C16H18N2O4S. The summed E-state index contributed by atoms with van der Waals surface area (Å²) in [5.74, 6) is -0.248. The van der Waals surface area contributed by atoms with Gasteiger partial charge in [-0.2, -0.15) is 0 Å². The maximum absolute atomic E-state index is 12.4. The van der Waals surface area contributed by atoms with Gasteiger partial charge < -0.3 is 10.4 Å². The third-order valence-electron chi connectivity index (χ3n) is 3.17. The zero-order chi connectivity index (χ0) is 17.0. The van der Waals surface area contributed by atoms with Crippen molar-refractivity contribution < 1.29 is 18.3 Å². The first-order valence-corrected chi connectivity index (χ1v) is 8.41. The van der Waals surface area contributed by atoms with E-state index in [0.717, 1.165) is 5.56 Å². The minimum Gasteiger partial charge on any atom is -0.392 e. The number of hydrogen-bond donors (Lipinski definition) is 3. The molecule has 0 aliphatic rings. The molecular weight excluding hydrogens is 316 g/mol. The van der Waals surface area contributed by atoms with Gasteiger partial charge in [-0.1, -0.05) is 17.7 Å². The fourth-order valence-electron chi connectivity index (χ4n) is 2.03. The molecule has 2 aromatic carbocycles. The lowest BCUT2D eigenvalue weighted by atomic mass is 10.1. The SMILES string of the molecule is CC(=O)Nc1ccc(NS(=O)(=O)c2ccc(C)cc2)c(CO)c1. The van der Waals surface area contributed by atoms with Gasteiger partial charge in [-0.25, -0.2) is 8.42 Å². The van der Waals surface area contributed by atoms with E-state index < -0.39 is 10.0 Å². The van der Waals surface area contributed by atoms with Crippen LogP contribution in [-0.2, 0) is 21.4 Å². The summed E-state index contributed by atoms with van der Waals surface area (Å²) in [6.45, 7) is 2.88. The molecule has 2 rings (SSSR count). The molecule has 0 aliphatic carbocycles. The molecule has 23 heavy (non-hydrogen) atoms. The monoisotopic (exact) mass is 334 g/mol. The Hall–Kier alpha value is -2.38. The van der Waals surface area contributed by atoms with Crippen molar-refractivity contribution in [2.75, 3.05) is 10.0 Å². The Morgan fingerprint density at radius 1 is 1.13 bits per heavy atom. The number of aliphatic hydroxyl groups is 1. The summed E-state index contributed by atoms with van der Waals surface area (Å²) < 4.78 is 27.2. The Bertz CT molecular complexity index is 814. The van der Waals surface area contributed by atoms with Crippen LogP contribution in [-0.4, -0.2) is 19.4 Å². The molecule has 0 aliphatic heterocycles. The second-order valence-electron chi connectivity index (χ2n) is 5.13. The predicted octanol–water partition coefficient (Wildman–Crippen LogP) is 2.25. The quantitative estimate of drug-likeness (QED) is 0.781. The highest BCUT2D eigenvalue weighted by molar-refractivity contribution is 7.92. The fraction of sp³-hybridized carbons (Fsp3) is 0.188.